The Bertz CT molecular complexity index is 403. The first-order valence-electron chi connectivity index (χ1n) is 7.12. The van der Waals surface area contributed by atoms with E-state index in [-0.39, 0.29) is 12.1 Å². The van der Waals surface area contributed by atoms with Crippen molar-refractivity contribution >= 4 is 0 Å². The number of unbranched alkanes of at least 4 members (excludes halogenated alkanes) is 1. The molecule has 0 saturated heterocycles. The Morgan fingerprint density at radius 3 is 2.60 bits per heavy atom. The molecule has 114 valence electrons. The first-order valence-corrected chi connectivity index (χ1v) is 7.12. The van der Waals surface area contributed by atoms with Gasteiger partial charge in [0.1, 0.15) is 0 Å². The molecule has 1 atom stereocenters. The Labute approximate surface area is 122 Å². The Balaban J connectivity index is 2.35. The molecular formula is C16H27NO3. The molecule has 0 amide bonds. The number of hydrogen-bond acceptors (Lipinski definition) is 4. The van der Waals surface area contributed by atoms with Crippen molar-refractivity contribution < 1.29 is 14.6 Å². The average molecular weight is 281 g/mol. The van der Waals surface area contributed by atoms with Crippen LogP contribution in [0.3, 0.4) is 0 Å². The Hall–Kier alpha value is -1.26. The number of benzene rings is 1. The smallest absolute Gasteiger partial charge is 0.161 e. The van der Waals surface area contributed by atoms with Gasteiger partial charge in [-0.15, -0.1) is 0 Å². The van der Waals surface area contributed by atoms with Crippen LogP contribution >= 0.6 is 0 Å². The van der Waals surface area contributed by atoms with E-state index in [1.807, 2.05) is 39.1 Å². The standard InChI is InChI=1S/C16H27NO3/c1-13-7-8-14(15(11-13)19-4)20-10-6-5-9-16(2,12-18)17-3/h7-8,11,17-18H,5-6,9-10,12H2,1-4H3. The maximum atomic E-state index is 9.30. The molecule has 0 aliphatic heterocycles. The van der Waals surface area contributed by atoms with Crippen LogP contribution in [-0.4, -0.2) is 38.0 Å². The topological polar surface area (TPSA) is 50.7 Å². The van der Waals surface area contributed by atoms with E-state index >= 15 is 0 Å². The molecule has 1 rings (SSSR count). The molecule has 2 N–H and O–H groups in total. The highest BCUT2D eigenvalue weighted by Gasteiger charge is 2.19. The molecule has 0 fully saturated rings. The van der Waals surface area contributed by atoms with Gasteiger partial charge in [-0.25, -0.2) is 0 Å². The second-order valence-corrected chi connectivity index (χ2v) is 5.43. The fraction of sp³-hybridized carbons (Fsp3) is 0.625. The van der Waals surface area contributed by atoms with Crippen molar-refractivity contribution in [1.29, 1.82) is 0 Å². The van der Waals surface area contributed by atoms with Crippen molar-refractivity contribution in [2.45, 2.75) is 38.6 Å². The monoisotopic (exact) mass is 281 g/mol. The molecule has 1 aromatic carbocycles. The largest absolute Gasteiger partial charge is 0.493 e. The lowest BCUT2D eigenvalue weighted by molar-refractivity contribution is 0.168. The Morgan fingerprint density at radius 2 is 2.00 bits per heavy atom. The first-order chi connectivity index (χ1) is 9.54. The summed E-state index contributed by atoms with van der Waals surface area (Å²) in [6.45, 7) is 4.86. The van der Waals surface area contributed by atoms with Crippen LogP contribution < -0.4 is 14.8 Å². The number of rotatable bonds is 9. The number of methoxy groups -OCH3 is 1. The average Bonchev–Trinajstić information content (AvgIpc) is 2.47. The second kappa shape index (κ2) is 8.12. The van der Waals surface area contributed by atoms with Crippen LogP contribution in [0.1, 0.15) is 31.7 Å². The molecule has 1 aromatic rings. The summed E-state index contributed by atoms with van der Waals surface area (Å²) in [6.07, 6.45) is 2.88. The minimum Gasteiger partial charge on any atom is -0.493 e. The maximum Gasteiger partial charge on any atom is 0.161 e. The van der Waals surface area contributed by atoms with Gasteiger partial charge in [0.2, 0.25) is 0 Å². The second-order valence-electron chi connectivity index (χ2n) is 5.43. The number of aliphatic hydroxyl groups is 1. The van der Waals surface area contributed by atoms with Crippen LogP contribution in [0.4, 0.5) is 0 Å². The summed E-state index contributed by atoms with van der Waals surface area (Å²) in [5, 5.41) is 12.5. The molecule has 0 aromatic heterocycles. The lowest BCUT2D eigenvalue weighted by Gasteiger charge is -2.26. The Morgan fingerprint density at radius 1 is 1.25 bits per heavy atom. The van der Waals surface area contributed by atoms with Crippen molar-refractivity contribution in [3.8, 4) is 11.5 Å². The normalized spacial score (nSPS) is 13.8. The number of likely N-dealkylation sites (N-methyl/N-ethyl adjacent to an activating group) is 1. The van der Waals surface area contributed by atoms with Crippen molar-refractivity contribution in [1.82, 2.24) is 5.32 Å². The van der Waals surface area contributed by atoms with Crippen molar-refractivity contribution in [3.05, 3.63) is 23.8 Å². The summed E-state index contributed by atoms with van der Waals surface area (Å²) >= 11 is 0. The molecule has 4 heteroatoms. The quantitative estimate of drug-likeness (QED) is 0.683. The number of hydrogen-bond donors (Lipinski definition) is 2. The summed E-state index contributed by atoms with van der Waals surface area (Å²) in [4.78, 5) is 0. The van der Waals surface area contributed by atoms with Gasteiger partial charge in [0.05, 0.1) is 20.3 Å². The van der Waals surface area contributed by atoms with Crippen LogP contribution in [0.2, 0.25) is 0 Å². The molecule has 1 unspecified atom stereocenters. The molecule has 0 saturated carbocycles. The lowest BCUT2D eigenvalue weighted by atomic mass is 9.96. The third-order valence-electron chi connectivity index (χ3n) is 3.65. The predicted molar refractivity (Wildman–Crippen MR) is 81.6 cm³/mol. The van der Waals surface area contributed by atoms with Gasteiger partial charge in [-0.3, -0.25) is 0 Å². The number of ether oxygens (including phenoxy) is 2. The van der Waals surface area contributed by atoms with E-state index in [1.54, 1.807) is 7.11 Å². The van der Waals surface area contributed by atoms with E-state index in [4.69, 9.17) is 9.47 Å². The van der Waals surface area contributed by atoms with Gasteiger partial charge in [0, 0.05) is 5.54 Å². The van der Waals surface area contributed by atoms with Gasteiger partial charge in [-0.2, -0.15) is 0 Å². The van der Waals surface area contributed by atoms with E-state index in [9.17, 15) is 5.11 Å². The van der Waals surface area contributed by atoms with Crippen molar-refractivity contribution in [3.63, 3.8) is 0 Å². The predicted octanol–water partition coefficient (Wildman–Crippen LogP) is 2.52. The SMILES string of the molecule is CNC(C)(CO)CCCCOc1ccc(C)cc1OC. The highest BCUT2D eigenvalue weighted by Crippen LogP contribution is 2.28. The summed E-state index contributed by atoms with van der Waals surface area (Å²) in [7, 11) is 3.53. The fourth-order valence-electron chi connectivity index (χ4n) is 1.98. The summed E-state index contributed by atoms with van der Waals surface area (Å²) in [5.41, 5.74) is 0.962. The lowest BCUT2D eigenvalue weighted by Crippen LogP contribution is -2.43. The zero-order chi connectivity index (χ0) is 15.0. The molecule has 0 radical (unpaired) electrons. The van der Waals surface area contributed by atoms with E-state index in [0.717, 1.165) is 36.3 Å². The molecule has 0 spiro atoms. The van der Waals surface area contributed by atoms with Crippen LogP contribution in [0.25, 0.3) is 0 Å². The van der Waals surface area contributed by atoms with Crippen LogP contribution in [0, 0.1) is 6.92 Å². The summed E-state index contributed by atoms with van der Waals surface area (Å²) in [6, 6.07) is 5.93. The molecule has 0 bridgehead atoms. The number of aryl methyl sites for hydroxylation is 1. The van der Waals surface area contributed by atoms with E-state index in [0.29, 0.717) is 6.61 Å². The van der Waals surface area contributed by atoms with E-state index in [2.05, 4.69) is 5.32 Å². The minimum atomic E-state index is -0.193. The maximum absolute atomic E-state index is 9.30. The van der Waals surface area contributed by atoms with Crippen LogP contribution in [-0.2, 0) is 0 Å². The zero-order valence-corrected chi connectivity index (χ0v) is 13.0. The van der Waals surface area contributed by atoms with E-state index in [1.165, 1.54) is 0 Å². The molecule has 20 heavy (non-hydrogen) atoms. The van der Waals surface area contributed by atoms with Crippen LogP contribution in [0.15, 0.2) is 18.2 Å². The molecule has 0 aliphatic rings. The first kappa shape index (κ1) is 16.8. The van der Waals surface area contributed by atoms with Gasteiger partial charge in [-0.1, -0.05) is 6.07 Å². The third kappa shape index (κ3) is 5.02. The van der Waals surface area contributed by atoms with Gasteiger partial charge in [0.25, 0.3) is 0 Å². The third-order valence-corrected chi connectivity index (χ3v) is 3.65. The van der Waals surface area contributed by atoms with Crippen LogP contribution in [0.5, 0.6) is 11.5 Å². The molecule has 0 aliphatic carbocycles. The minimum absolute atomic E-state index is 0.149. The van der Waals surface area contributed by atoms with E-state index < -0.39 is 0 Å². The molecule has 0 heterocycles. The molecular weight excluding hydrogens is 254 g/mol. The zero-order valence-electron chi connectivity index (χ0n) is 13.0. The van der Waals surface area contributed by atoms with Crippen molar-refractivity contribution in [2.75, 3.05) is 27.4 Å². The summed E-state index contributed by atoms with van der Waals surface area (Å²) < 4.78 is 11.1. The Kier molecular flexibility index (Phi) is 6.82. The fourth-order valence-corrected chi connectivity index (χ4v) is 1.98. The number of aliphatic hydroxyl groups excluding tert-OH is 1. The number of nitrogens with one attached hydrogen (secondary N) is 1. The highest BCUT2D eigenvalue weighted by atomic mass is 16.5. The van der Waals surface area contributed by atoms with Crippen molar-refractivity contribution in [2.24, 2.45) is 0 Å². The summed E-state index contributed by atoms with van der Waals surface area (Å²) in [5.74, 6) is 1.57. The van der Waals surface area contributed by atoms with Gasteiger partial charge >= 0.3 is 0 Å². The highest BCUT2D eigenvalue weighted by molar-refractivity contribution is 5.42. The van der Waals surface area contributed by atoms with Gasteiger partial charge in [0.15, 0.2) is 11.5 Å². The molecule has 4 nitrogen and oxygen atoms in total. The van der Waals surface area contributed by atoms with Gasteiger partial charge < -0.3 is 19.9 Å². The van der Waals surface area contributed by atoms with Gasteiger partial charge in [-0.05, 0) is 57.9 Å².